The van der Waals surface area contributed by atoms with E-state index >= 15 is 0 Å². The summed E-state index contributed by atoms with van der Waals surface area (Å²) < 4.78 is 37.5. The highest BCUT2D eigenvalue weighted by Gasteiger charge is 2.23. The van der Waals surface area contributed by atoms with Crippen molar-refractivity contribution in [2.45, 2.75) is 64.6 Å². The van der Waals surface area contributed by atoms with Crippen molar-refractivity contribution in [3.05, 3.63) is 40.5 Å². The molecule has 0 spiro atoms. The standard InChI is InChI=1S/C25H35F2N5O4S/c1-16-13-19(26)18(20(27)14-16)15-36-23-21(22(28)34)24(37-31-23)30-25(35)29-9-4-3-7-17(33)8-12-32-10-5-2-6-11-32/h13-14,17,33H,2-12,15H2,1H3,(H2,28,34)(H2,29,30,35). The number of aryl methyl sites for hydroxylation is 1. The number of halogens is 2. The Balaban J connectivity index is 1.40. The molecule has 1 aliphatic heterocycles. The highest BCUT2D eigenvalue weighted by molar-refractivity contribution is 7.11. The minimum Gasteiger partial charge on any atom is -0.471 e. The molecule has 1 fully saturated rings. The number of hydrogen-bond donors (Lipinski definition) is 4. The highest BCUT2D eigenvalue weighted by Crippen LogP contribution is 2.31. The van der Waals surface area contributed by atoms with E-state index in [1.807, 2.05) is 0 Å². The Kier molecular flexibility index (Phi) is 11.0. The number of unbranched alkanes of at least 4 members (excludes halogenated alkanes) is 1. The van der Waals surface area contributed by atoms with Crippen LogP contribution in [-0.4, -0.2) is 58.6 Å². The van der Waals surface area contributed by atoms with Crippen LogP contribution in [-0.2, 0) is 6.61 Å². The molecule has 5 N–H and O–H groups in total. The van der Waals surface area contributed by atoms with E-state index in [0.29, 0.717) is 24.9 Å². The topological polar surface area (TPSA) is 130 Å². The zero-order valence-corrected chi connectivity index (χ0v) is 21.8. The Morgan fingerprint density at radius 3 is 2.57 bits per heavy atom. The van der Waals surface area contributed by atoms with Gasteiger partial charge in [0, 0.05) is 13.1 Å². The summed E-state index contributed by atoms with van der Waals surface area (Å²) in [5, 5.41) is 15.5. The first kappa shape index (κ1) is 28.7. The monoisotopic (exact) mass is 539 g/mol. The molecule has 9 nitrogen and oxygen atoms in total. The van der Waals surface area contributed by atoms with Crippen LogP contribution in [0.5, 0.6) is 5.88 Å². The summed E-state index contributed by atoms with van der Waals surface area (Å²) in [5.41, 5.74) is 5.36. The molecule has 3 rings (SSSR count). The number of piperidine rings is 1. The maximum Gasteiger partial charge on any atom is 0.319 e. The summed E-state index contributed by atoms with van der Waals surface area (Å²) in [6, 6.07) is 1.79. The molecule has 3 amide bonds. The van der Waals surface area contributed by atoms with Crippen LogP contribution in [0.2, 0.25) is 0 Å². The normalized spacial score (nSPS) is 14.8. The van der Waals surface area contributed by atoms with Gasteiger partial charge in [-0.1, -0.05) is 6.42 Å². The lowest BCUT2D eigenvalue weighted by molar-refractivity contribution is 0.0996. The number of nitrogens with one attached hydrogen (secondary N) is 2. The summed E-state index contributed by atoms with van der Waals surface area (Å²) >= 11 is 0.771. The lowest BCUT2D eigenvalue weighted by Gasteiger charge is -2.27. The lowest BCUT2D eigenvalue weighted by Crippen LogP contribution is -2.32. The maximum absolute atomic E-state index is 14.1. The van der Waals surface area contributed by atoms with Crippen LogP contribution >= 0.6 is 11.5 Å². The van der Waals surface area contributed by atoms with E-state index in [4.69, 9.17) is 10.5 Å². The largest absolute Gasteiger partial charge is 0.471 e. The van der Waals surface area contributed by atoms with Crippen LogP contribution in [0.1, 0.15) is 66.4 Å². The van der Waals surface area contributed by atoms with Gasteiger partial charge in [0.1, 0.15) is 28.8 Å². The van der Waals surface area contributed by atoms with Crippen LogP contribution in [0.25, 0.3) is 0 Å². The first-order valence-electron chi connectivity index (χ1n) is 12.6. The van der Waals surface area contributed by atoms with Gasteiger partial charge in [-0.15, -0.1) is 0 Å². The molecule has 1 aromatic carbocycles. The van der Waals surface area contributed by atoms with E-state index < -0.39 is 30.2 Å². The van der Waals surface area contributed by atoms with E-state index in [2.05, 4.69) is 19.9 Å². The van der Waals surface area contributed by atoms with Crippen LogP contribution in [0, 0.1) is 18.6 Å². The number of rotatable bonds is 13. The molecule has 1 unspecified atom stereocenters. The van der Waals surface area contributed by atoms with Gasteiger partial charge in [0.2, 0.25) is 5.88 Å². The number of aliphatic hydroxyl groups excluding tert-OH is 1. The number of hydrogen-bond acceptors (Lipinski definition) is 7. The predicted molar refractivity (Wildman–Crippen MR) is 138 cm³/mol. The summed E-state index contributed by atoms with van der Waals surface area (Å²) in [4.78, 5) is 26.6. The minimum absolute atomic E-state index is 0.0676. The number of aliphatic hydroxyl groups is 1. The molecule has 2 heterocycles. The quantitative estimate of drug-likeness (QED) is 0.285. The van der Waals surface area contributed by atoms with Crippen molar-refractivity contribution in [2.75, 3.05) is 31.5 Å². The van der Waals surface area contributed by atoms with Gasteiger partial charge in [-0.2, -0.15) is 4.37 Å². The van der Waals surface area contributed by atoms with Crippen molar-refractivity contribution < 1.29 is 28.2 Å². The molecule has 1 aromatic heterocycles. The molecule has 0 bridgehead atoms. The number of nitrogens with zero attached hydrogens (tertiary/aromatic N) is 2. The lowest BCUT2D eigenvalue weighted by atomic mass is 10.1. The van der Waals surface area contributed by atoms with Gasteiger partial charge in [0.25, 0.3) is 5.91 Å². The van der Waals surface area contributed by atoms with Crippen molar-refractivity contribution in [1.29, 1.82) is 0 Å². The Morgan fingerprint density at radius 1 is 1.19 bits per heavy atom. The molecule has 37 heavy (non-hydrogen) atoms. The van der Waals surface area contributed by atoms with Crippen LogP contribution in [0.15, 0.2) is 12.1 Å². The summed E-state index contributed by atoms with van der Waals surface area (Å²) in [7, 11) is 0. The Bertz CT molecular complexity index is 1040. The molecular formula is C25H35F2N5O4S. The van der Waals surface area contributed by atoms with Gasteiger partial charge in [-0.05, 0) is 87.8 Å². The second-order valence-electron chi connectivity index (χ2n) is 9.27. The molecule has 204 valence electrons. The van der Waals surface area contributed by atoms with Crippen molar-refractivity contribution in [3.63, 3.8) is 0 Å². The zero-order valence-electron chi connectivity index (χ0n) is 21.0. The number of nitrogens with two attached hydrogens (primary N) is 1. The van der Waals surface area contributed by atoms with Gasteiger partial charge >= 0.3 is 6.03 Å². The number of amides is 3. The van der Waals surface area contributed by atoms with Crippen LogP contribution in [0.4, 0.5) is 18.6 Å². The third kappa shape index (κ3) is 8.90. The molecule has 1 atom stereocenters. The second kappa shape index (κ2) is 14.2. The Morgan fingerprint density at radius 2 is 1.89 bits per heavy atom. The number of ether oxygens (including phenoxy) is 1. The van der Waals surface area contributed by atoms with Crippen molar-refractivity contribution >= 4 is 28.5 Å². The van der Waals surface area contributed by atoms with E-state index in [1.165, 1.54) is 31.4 Å². The van der Waals surface area contributed by atoms with Crippen molar-refractivity contribution in [1.82, 2.24) is 14.6 Å². The molecule has 0 aliphatic carbocycles. The van der Waals surface area contributed by atoms with Crippen LogP contribution in [0.3, 0.4) is 0 Å². The third-order valence-electron chi connectivity index (χ3n) is 6.25. The summed E-state index contributed by atoms with van der Waals surface area (Å²) in [6.45, 7) is 4.58. The third-order valence-corrected chi connectivity index (χ3v) is 7.00. The van der Waals surface area contributed by atoms with Crippen molar-refractivity contribution in [3.8, 4) is 5.88 Å². The van der Waals surface area contributed by atoms with Gasteiger partial charge in [-0.25, -0.2) is 13.6 Å². The Hall–Kier alpha value is -2.83. The maximum atomic E-state index is 14.1. The van der Waals surface area contributed by atoms with E-state index in [0.717, 1.165) is 44.0 Å². The number of benzene rings is 1. The number of carbonyl (C=O) groups excluding carboxylic acids is 2. The number of primary amides is 1. The smallest absolute Gasteiger partial charge is 0.319 e. The zero-order chi connectivity index (χ0) is 26.8. The number of anilines is 1. The first-order valence-corrected chi connectivity index (χ1v) is 13.3. The molecule has 1 saturated heterocycles. The molecule has 1 aliphatic rings. The fraction of sp³-hybridized carbons (Fsp3) is 0.560. The van der Waals surface area contributed by atoms with E-state index in [9.17, 15) is 23.5 Å². The van der Waals surface area contributed by atoms with Gasteiger partial charge in [0.05, 0.1) is 11.7 Å². The summed E-state index contributed by atoms with van der Waals surface area (Å²) in [6.07, 6.45) is 6.26. The average Bonchev–Trinajstić information content (AvgIpc) is 3.25. The average molecular weight is 540 g/mol. The molecule has 0 saturated carbocycles. The predicted octanol–water partition coefficient (Wildman–Crippen LogP) is 3.94. The molecule has 2 aromatic rings. The van der Waals surface area contributed by atoms with E-state index in [-0.39, 0.29) is 28.1 Å². The number of carbonyl (C=O) groups is 2. The highest BCUT2D eigenvalue weighted by atomic mass is 32.1. The summed E-state index contributed by atoms with van der Waals surface area (Å²) in [5.74, 6) is -2.67. The van der Waals surface area contributed by atoms with Gasteiger partial charge in [-0.3, -0.25) is 10.1 Å². The van der Waals surface area contributed by atoms with Gasteiger partial charge < -0.3 is 25.8 Å². The van der Waals surface area contributed by atoms with Gasteiger partial charge in [0.15, 0.2) is 0 Å². The van der Waals surface area contributed by atoms with E-state index in [1.54, 1.807) is 6.92 Å². The fourth-order valence-corrected chi connectivity index (χ4v) is 4.93. The van der Waals surface area contributed by atoms with Crippen LogP contribution < -0.4 is 21.1 Å². The number of aromatic nitrogens is 1. The van der Waals surface area contributed by atoms with Crippen molar-refractivity contribution in [2.24, 2.45) is 5.73 Å². The second-order valence-corrected chi connectivity index (χ2v) is 10.0. The minimum atomic E-state index is -0.901. The number of likely N-dealkylation sites (tertiary alicyclic amines) is 1. The molecule has 0 radical (unpaired) electrons. The number of urea groups is 1. The SMILES string of the molecule is Cc1cc(F)c(COc2nsc(NC(=O)NCCCCC(O)CCN3CCCCC3)c2C(N)=O)c(F)c1. The Labute approximate surface area is 219 Å². The first-order chi connectivity index (χ1) is 17.7. The molecular weight excluding hydrogens is 504 g/mol. The molecule has 12 heteroatoms. The fourth-order valence-electron chi connectivity index (χ4n) is 4.20.